The molecule has 1 aliphatic heterocycles. The van der Waals surface area contributed by atoms with Crippen molar-refractivity contribution in [3.8, 4) is 0 Å². The average Bonchev–Trinajstić information content (AvgIpc) is 3.41. The molecule has 0 saturated carbocycles. The highest BCUT2D eigenvalue weighted by molar-refractivity contribution is 7.89. The maximum absolute atomic E-state index is 12.8. The molecule has 0 spiro atoms. The van der Waals surface area contributed by atoms with Crippen molar-refractivity contribution in [1.29, 1.82) is 0 Å². The molecule has 2 aromatic carbocycles. The van der Waals surface area contributed by atoms with Crippen LogP contribution in [-0.2, 0) is 16.6 Å². The van der Waals surface area contributed by atoms with Gasteiger partial charge in [0, 0.05) is 68.2 Å². The quantitative estimate of drug-likeness (QED) is 0.332. The van der Waals surface area contributed by atoms with E-state index in [-0.39, 0.29) is 4.90 Å². The molecule has 0 aliphatic carbocycles. The van der Waals surface area contributed by atoms with Crippen LogP contribution in [0.5, 0.6) is 0 Å². The van der Waals surface area contributed by atoms with Gasteiger partial charge < -0.3 is 9.47 Å². The summed E-state index contributed by atoms with van der Waals surface area (Å²) in [5, 5.41) is 0.701. The monoisotopic (exact) mass is 519 g/mol. The summed E-state index contributed by atoms with van der Waals surface area (Å²) in [5.74, 6) is 0. The molecule has 1 saturated heterocycles. The topological polar surface area (TPSA) is 71.3 Å². The number of pyridine rings is 1. The van der Waals surface area contributed by atoms with Crippen molar-refractivity contribution in [1.82, 2.24) is 18.8 Å². The molecule has 7 nitrogen and oxygen atoms in total. The number of hydrogen-bond acceptors (Lipinski definition) is 5. The van der Waals surface area contributed by atoms with Gasteiger partial charge in [0.15, 0.2) is 0 Å². The number of halogens is 1. The molecule has 5 rings (SSSR count). The number of imidazole rings is 1. The van der Waals surface area contributed by atoms with Gasteiger partial charge in [0.2, 0.25) is 10.0 Å². The number of piperazine rings is 1. The number of rotatable bonds is 7. The van der Waals surface area contributed by atoms with Crippen molar-refractivity contribution in [2.24, 2.45) is 0 Å². The number of benzene rings is 2. The second-order valence-electron chi connectivity index (χ2n) is 8.63. The zero-order valence-electron chi connectivity index (χ0n) is 19.6. The Labute approximate surface area is 216 Å². The Morgan fingerprint density at radius 1 is 0.889 bits per heavy atom. The van der Waals surface area contributed by atoms with E-state index in [0.717, 1.165) is 22.4 Å². The SMILES string of the molecule is O=S(=O)(c1cccnc1)N1CCN(c2ccc(C=Cc3cc(Cl)cc(Cn4ccnc4)c3)cc2)CC1. The lowest BCUT2D eigenvalue weighted by Gasteiger charge is -2.35. The molecule has 36 heavy (non-hydrogen) atoms. The minimum Gasteiger partial charge on any atom is -0.369 e. The maximum atomic E-state index is 12.8. The van der Waals surface area contributed by atoms with Crippen LogP contribution in [0.4, 0.5) is 5.69 Å². The molecule has 0 unspecified atom stereocenters. The van der Waals surface area contributed by atoms with E-state index in [2.05, 4.69) is 57.4 Å². The first-order valence-electron chi connectivity index (χ1n) is 11.7. The van der Waals surface area contributed by atoms with Crippen LogP contribution in [0.25, 0.3) is 12.2 Å². The molecule has 0 amide bonds. The van der Waals surface area contributed by atoms with E-state index in [1.807, 2.05) is 22.9 Å². The van der Waals surface area contributed by atoms with E-state index in [1.165, 1.54) is 10.5 Å². The van der Waals surface area contributed by atoms with E-state index in [4.69, 9.17) is 11.6 Å². The third-order valence-electron chi connectivity index (χ3n) is 6.14. The van der Waals surface area contributed by atoms with E-state index in [9.17, 15) is 8.42 Å². The first-order valence-corrected chi connectivity index (χ1v) is 13.5. The van der Waals surface area contributed by atoms with Crippen LogP contribution < -0.4 is 4.90 Å². The number of hydrogen-bond donors (Lipinski definition) is 0. The molecule has 0 radical (unpaired) electrons. The fourth-order valence-electron chi connectivity index (χ4n) is 4.28. The minimum atomic E-state index is -3.51. The molecule has 2 aromatic heterocycles. The normalized spacial score (nSPS) is 15.0. The molecule has 9 heteroatoms. The predicted octanol–water partition coefficient (Wildman–Crippen LogP) is 4.66. The van der Waals surface area contributed by atoms with Crippen LogP contribution >= 0.6 is 11.6 Å². The van der Waals surface area contributed by atoms with E-state index >= 15 is 0 Å². The zero-order chi connectivity index (χ0) is 25.0. The summed E-state index contributed by atoms with van der Waals surface area (Å²) in [6, 6.07) is 17.6. The lowest BCUT2D eigenvalue weighted by molar-refractivity contribution is 0.385. The second-order valence-corrected chi connectivity index (χ2v) is 11.0. The van der Waals surface area contributed by atoms with Crippen LogP contribution in [-0.4, -0.2) is 53.4 Å². The smallest absolute Gasteiger partial charge is 0.244 e. The molecule has 3 heterocycles. The Bertz CT molecular complexity index is 1430. The molecular weight excluding hydrogens is 494 g/mol. The van der Waals surface area contributed by atoms with E-state index in [0.29, 0.717) is 37.7 Å². The molecular formula is C27H26ClN5O2S. The van der Waals surface area contributed by atoms with Gasteiger partial charge in [-0.15, -0.1) is 0 Å². The summed E-state index contributed by atoms with van der Waals surface area (Å²) in [4.78, 5) is 10.5. The van der Waals surface area contributed by atoms with Crippen LogP contribution in [0, 0.1) is 0 Å². The van der Waals surface area contributed by atoms with Gasteiger partial charge in [-0.25, -0.2) is 13.4 Å². The summed E-state index contributed by atoms with van der Waals surface area (Å²) in [6.07, 6.45) is 12.6. The first-order chi connectivity index (χ1) is 17.5. The lowest BCUT2D eigenvalue weighted by atomic mass is 10.1. The van der Waals surface area contributed by atoms with Gasteiger partial charge >= 0.3 is 0 Å². The Hall–Kier alpha value is -3.46. The van der Waals surface area contributed by atoms with Gasteiger partial charge in [-0.3, -0.25) is 4.98 Å². The second kappa shape index (κ2) is 10.7. The van der Waals surface area contributed by atoms with Gasteiger partial charge in [0.1, 0.15) is 4.90 Å². The number of nitrogens with zero attached hydrogens (tertiary/aromatic N) is 5. The highest BCUT2D eigenvalue weighted by Crippen LogP contribution is 2.23. The Morgan fingerprint density at radius 2 is 1.67 bits per heavy atom. The number of anilines is 1. The fraction of sp³-hybridized carbons (Fsp3) is 0.185. The van der Waals surface area contributed by atoms with Crippen LogP contribution in [0.1, 0.15) is 16.7 Å². The molecule has 0 N–H and O–H groups in total. The van der Waals surface area contributed by atoms with Gasteiger partial charge in [0.25, 0.3) is 0 Å². The summed E-state index contributed by atoms with van der Waals surface area (Å²) in [6.45, 7) is 2.87. The van der Waals surface area contributed by atoms with Gasteiger partial charge in [-0.05, 0) is 59.2 Å². The predicted molar refractivity (Wildman–Crippen MR) is 143 cm³/mol. The summed E-state index contributed by atoms with van der Waals surface area (Å²) < 4.78 is 29.2. The highest BCUT2D eigenvalue weighted by atomic mass is 35.5. The van der Waals surface area contributed by atoms with Crippen molar-refractivity contribution in [3.05, 3.63) is 107 Å². The Morgan fingerprint density at radius 3 is 2.36 bits per heavy atom. The Kier molecular flexibility index (Phi) is 7.18. The summed E-state index contributed by atoms with van der Waals surface area (Å²) in [7, 11) is -3.51. The number of sulfonamides is 1. The third kappa shape index (κ3) is 5.67. The van der Waals surface area contributed by atoms with Crippen LogP contribution in [0.2, 0.25) is 5.02 Å². The fourth-order valence-corrected chi connectivity index (χ4v) is 5.93. The van der Waals surface area contributed by atoms with Crippen molar-refractivity contribution in [2.45, 2.75) is 11.4 Å². The first kappa shape index (κ1) is 24.2. The highest BCUT2D eigenvalue weighted by Gasteiger charge is 2.28. The van der Waals surface area contributed by atoms with Gasteiger partial charge in [-0.1, -0.05) is 35.9 Å². The van der Waals surface area contributed by atoms with Crippen molar-refractivity contribution >= 4 is 39.5 Å². The lowest BCUT2D eigenvalue weighted by Crippen LogP contribution is -2.48. The molecule has 0 atom stereocenters. The summed E-state index contributed by atoms with van der Waals surface area (Å²) >= 11 is 6.34. The van der Waals surface area contributed by atoms with Crippen molar-refractivity contribution in [3.63, 3.8) is 0 Å². The van der Waals surface area contributed by atoms with Crippen molar-refractivity contribution < 1.29 is 8.42 Å². The zero-order valence-corrected chi connectivity index (χ0v) is 21.2. The van der Waals surface area contributed by atoms with Crippen LogP contribution in [0.3, 0.4) is 0 Å². The summed E-state index contributed by atoms with van der Waals surface area (Å²) in [5.41, 5.74) is 4.30. The molecule has 1 aliphatic rings. The maximum Gasteiger partial charge on any atom is 0.244 e. The van der Waals surface area contributed by atoms with E-state index in [1.54, 1.807) is 30.9 Å². The van der Waals surface area contributed by atoms with Crippen molar-refractivity contribution in [2.75, 3.05) is 31.1 Å². The largest absolute Gasteiger partial charge is 0.369 e. The Balaban J connectivity index is 1.21. The van der Waals surface area contributed by atoms with E-state index < -0.39 is 10.0 Å². The molecule has 184 valence electrons. The minimum absolute atomic E-state index is 0.239. The molecule has 0 bridgehead atoms. The van der Waals surface area contributed by atoms with Gasteiger partial charge in [0.05, 0.1) is 6.33 Å². The molecule has 1 fully saturated rings. The average molecular weight is 520 g/mol. The third-order valence-corrected chi connectivity index (χ3v) is 8.24. The standard InChI is InChI=1S/C27H26ClN5O2S/c28-25-17-23(16-24(18-25)20-31-11-10-30-21-31)4-3-22-5-7-26(8-6-22)32-12-14-33(15-13-32)36(34,35)27-2-1-9-29-19-27/h1-11,16-19,21H,12-15,20H2. The molecule has 4 aromatic rings. The number of aromatic nitrogens is 3. The van der Waals surface area contributed by atoms with Gasteiger partial charge in [-0.2, -0.15) is 4.31 Å². The van der Waals surface area contributed by atoms with Crippen LogP contribution in [0.15, 0.2) is 90.6 Å².